The van der Waals surface area contributed by atoms with Crippen LogP contribution in [0.25, 0.3) is 0 Å². The van der Waals surface area contributed by atoms with E-state index in [0.29, 0.717) is 0 Å². The molecule has 2 aromatic rings. The van der Waals surface area contributed by atoms with Crippen LogP contribution >= 0.6 is 0 Å². The Kier molecular flexibility index (Phi) is 3.85. The summed E-state index contributed by atoms with van der Waals surface area (Å²) in [5, 5.41) is 0. The van der Waals surface area contributed by atoms with Crippen molar-refractivity contribution in [2.24, 2.45) is 0 Å². The van der Waals surface area contributed by atoms with E-state index < -0.39 is 58.2 Å². The topological polar surface area (TPSA) is 43.4 Å². The van der Waals surface area contributed by atoms with Crippen molar-refractivity contribution in [3.05, 3.63) is 70.0 Å². The van der Waals surface area contributed by atoms with E-state index in [0.717, 1.165) is 7.11 Å². The van der Waals surface area contributed by atoms with Gasteiger partial charge in [0.05, 0.1) is 12.7 Å². The van der Waals surface area contributed by atoms with Gasteiger partial charge < -0.3 is 4.74 Å². The molecule has 1 atom stereocenters. The van der Waals surface area contributed by atoms with Crippen molar-refractivity contribution in [1.29, 1.82) is 0 Å². The lowest BCUT2D eigenvalue weighted by Gasteiger charge is -2.26. The number of fused-ring (bicyclic) bond motifs is 1. The highest BCUT2D eigenvalue weighted by Crippen LogP contribution is 2.44. The van der Waals surface area contributed by atoms with Gasteiger partial charge in [0.15, 0.2) is 34.5 Å². The molecule has 0 amide bonds. The molecule has 25 heavy (non-hydrogen) atoms. The van der Waals surface area contributed by atoms with E-state index in [1.54, 1.807) is 0 Å². The summed E-state index contributed by atoms with van der Waals surface area (Å²) in [7, 11) is 0.854. The van der Waals surface area contributed by atoms with Crippen LogP contribution in [0.3, 0.4) is 0 Å². The summed E-state index contributed by atoms with van der Waals surface area (Å²) in [5.41, 5.74) is -3.99. The first-order valence-electron chi connectivity index (χ1n) is 7.00. The fraction of sp³-hybridized carbons (Fsp3) is 0.176. The lowest BCUT2D eigenvalue weighted by molar-refractivity contribution is -0.145. The van der Waals surface area contributed by atoms with Gasteiger partial charge in [-0.05, 0) is 5.56 Å². The smallest absolute Gasteiger partial charge is 0.324 e. The molecule has 1 aliphatic rings. The van der Waals surface area contributed by atoms with E-state index >= 15 is 0 Å². The molecule has 1 unspecified atom stereocenters. The molecule has 0 spiro atoms. The standard InChI is InChI=1S/C17H9F5O3/c1-25-16(24)17(6-7-4-2-3-5-8(7)15(17)23)9-10(18)12(20)14(22)13(21)11(9)19/h2-5H,6H2,1H3. The van der Waals surface area contributed by atoms with Crippen molar-refractivity contribution in [2.45, 2.75) is 11.8 Å². The van der Waals surface area contributed by atoms with Gasteiger partial charge in [-0.1, -0.05) is 24.3 Å². The van der Waals surface area contributed by atoms with Crippen molar-refractivity contribution in [1.82, 2.24) is 0 Å². The summed E-state index contributed by atoms with van der Waals surface area (Å²) >= 11 is 0. The molecule has 8 heteroatoms. The quantitative estimate of drug-likeness (QED) is 0.273. The van der Waals surface area contributed by atoms with Gasteiger partial charge >= 0.3 is 5.97 Å². The number of hydrogen-bond acceptors (Lipinski definition) is 3. The molecule has 0 radical (unpaired) electrons. The van der Waals surface area contributed by atoms with E-state index in [2.05, 4.69) is 4.74 Å². The van der Waals surface area contributed by atoms with Crippen LogP contribution in [0.15, 0.2) is 24.3 Å². The first kappa shape index (κ1) is 17.1. The second-order valence-corrected chi connectivity index (χ2v) is 5.50. The van der Waals surface area contributed by atoms with Crippen LogP contribution in [0, 0.1) is 29.1 Å². The average molecular weight is 356 g/mol. The Labute approximate surface area is 138 Å². The number of ether oxygens (including phenoxy) is 1. The number of ketones is 1. The average Bonchev–Trinajstić information content (AvgIpc) is 2.91. The maximum absolute atomic E-state index is 14.3. The number of hydrogen-bond donors (Lipinski definition) is 0. The van der Waals surface area contributed by atoms with Gasteiger partial charge in [0.25, 0.3) is 0 Å². The molecule has 3 nitrogen and oxygen atoms in total. The van der Waals surface area contributed by atoms with Gasteiger partial charge in [0, 0.05) is 12.0 Å². The molecule has 3 rings (SSSR count). The largest absolute Gasteiger partial charge is 0.468 e. The number of esters is 1. The molecular formula is C17H9F5O3. The highest BCUT2D eigenvalue weighted by atomic mass is 19.2. The van der Waals surface area contributed by atoms with E-state index in [9.17, 15) is 31.5 Å². The minimum atomic E-state index is -2.68. The minimum Gasteiger partial charge on any atom is -0.468 e. The van der Waals surface area contributed by atoms with Crippen LogP contribution < -0.4 is 0 Å². The van der Waals surface area contributed by atoms with Crippen molar-refractivity contribution in [3.8, 4) is 0 Å². The van der Waals surface area contributed by atoms with Gasteiger partial charge in [0.2, 0.25) is 5.82 Å². The molecule has 0 N–H and O–H groups in total. The third-order valence-electron chi connectivity index (χ3n) is 4.28. The molecule has 0 saturated heterocycles. The van der Waals surface area contributed by atoms with Crippen LogP contribution in [0.1, 0.15) is 21.5 Å². The summed E-state index contributed by atoms with van der Waals surface area (Å²) in [6.45, 7) is 0. The second-order valence-electron chi connectivity index (χ2n) is 5.50. The fourth-order valence-corrected chi connectivity index (χ4v) is 3.11. The number of methoxy groups -OCH3 is 1. The first-order valence-corrected chi connectivity index (χ1v) is 7.00. The highest BCUT2D eigenvalue weighted by Gasteiger charge is 2.57. The summed E-state index contributed by atoms with van der Waals surface area (Å²) in [6, 6.07) is 5.68. The predicted octanol–water partition coefficient (Wildman–Crippen LogP) is 3.23. The Morgan fingerprint density at radius 1 is 0.960 bits per heavy atom. The minimum absolute atomic E-state index is 0.0446. The summed E-state index contributed by atoms with van der Waals surface area (Å²) in [6.07, 6.45) is -0.576. The van der Waals surface area contributed by atoms with Crippen molar-refractivity contribution >= 4 is 11.8 Å². The Morgan fingerprint density at radius 3 is 2.00 bits per heavy atom. The van der Waals surface area contributed by atoms with Gasteiger partial charge in [-0.15, -0.1) is 0 Å². The molecule has 0 saturated carbocycles. The zero-order valence-electron chi connectivity index (χ0n) is 12.6. The van der Waals surface area contributed by atoms with Crippen LogP contribution in [-0.4, -0.2) is 18.9 Å². The molecule has 0 fully saturated rings. The Balaban J connectivity index is 2.40. The number of carbonyl (C=O) groups is 2. The van der Waals surface area contributed by atoms with E-state index in [-0.39, 0.29) is 11.1 Å². The maximum Gasteiger partial charge on any atom is 0.324 e. The Morgan fingerprint density at radius 2 is 1.48 bits per heavy atom. The highest BCUT2D eigenvalue weighted by molar-refractivity contribution is 6.20. The molecule has 130 valence electrons. The molecule has 0 aromatic heterocycles. The normalized spacial score (nSPS) is 19.0. The second kappa shape index (κ2) is 5.65. The molecule has 2 aromatic carbocycles. The number of Topliss-reactive ketones (excluding diaryl/α,β-unsaturated/α-hetero) is 1. The predicted molar refractivity (Wildman–Crippen MR) is 74.4 cm³/mol. The van der Waals surface area contributed by atoms with Gasteiger partial charge in [0.1, 0.15) is 0 Å². The molecule has 0 bridgehead atoms. The summed E-state index contributed by atoms with van der Waals surface area (Å²) < 4.78 is 73.7. The van der Waals surface area contributed by atoms with E-state index in [1.165, 1.54) is 24.3 Å². The lowest BCUT2D eigenvalue weighted by Crippen LogP contribution is -2.45. The Bertz CT molecular complexity index is 896. The van der Waals surface area contributed by atoms with E-state index in [1.807, 2.05) is 0 Å². The monoisotopic (exact) mass is 356 g/mol. The van der Waals surface area contributed by atoms with Crippen LogP contribution in [0.5, 0.6) is 0 Å². The summed E-state index contributed by atoms with van der Waals surface area (Å²) in [4.78, 5) is 25.1. The third-order valence-corrected chi connectivity index (χ3v) is 4.28. The molecule has 0 aliphatic heterocycles. The van der Waals surface area contributed by atoms with Crippen LogP contribution in [0.4, 0.5) is 22.0 Å². The Hall–Kier alpha value is -2.77. The molecule has 1 aliphatic carbocycles. The van der Waals surface area contributed by atoms with Gasteiger partial charge in [-0.3, -0.25) is 9.59 Å². The number of halogens is 5. The zero-order chi connectivity index (χ0) is 18.5. The molecular weight excluding hydrogens is 347 g/mol. The number of rotatable bonds is 2. The van der Waals surface area contributed by atoms with Crippen molar-refractivity contribution < 1.29 is 36.3 Å². The summed E-state index contributed by atoms with van der Waals surface area (Å²) in [5.74, 6) is -13.8. The first-order chi connectivity index (χ1) is 11.8. The maximum atomic E-state index is 14.3. The zero-order valence-corrected chi connectivity index (χ0v) is 12.6. The molecule has 0 heterocycles. The van der Waals surface area contributed by atoms with Crippen LogP contribution in [0.2, 0.25) is 0 Å². The number of benzene rings is 2. The number of carbonyl (C=O) groups excluding carboxylic acids is 2. The van der Waals surface area contributed by atoms with Crippen molar-refractivity contribution in [2.75, 3.05) is 7.11 Å². The third kappa shape index (κ3) is 2.09. The van der Waals surface area contributed by atoms with Crippen molar-refractivity contribution in [3.63, 3.8) is 0 Å². The SMILES string of the molecule is COC(=O)C1(c2c(F)c(F)c(F)c(F)c2F)Cc2ccccc2C1=O. The van der Waals surface area contributed by atoms with Gasteiger partial charge in [-0.25, -0.2) is 22.0 Å². The van der Waals surface area contributed by atoms with Gasteiger partial charge in [-0.2, -0.15) is 0 Å². The fourth-order valence-electron chi connectivity index (χ4n) is 3.11. The van der Waals surface area contributed by atoms with Crippen LogP contribution in [-0.2, 0) is 21.4 Å². The van der Waals surface area contributed by atoms with E-state index in [4.69, 9.17) is 0 Å². The lowest BCUT2D eigenvalue weighted by atomic mass is 9.76.